The second-order valence-electron chi connectivity index (χ2n) is 4.63. The van der Waals surface area contributed by atoms with Crippen molar-refractivity contribution in [2.45, 2.75) is 33.4 Å². The molecule has 0 saturated heterocycles. The molecular formula is C11H17NO3. The molecule has 1 aliphatic rings. The molecule has 4 nitrogen and oxygen atoms in total. The maximum Gasteiger partial charge on any atom is 0.312 e. The number of carbonyl (C=O) groups excluding carboxylic acids is 2. The molecule has 0 saturated carbocycles. The molecule has 0 aromatic rings. The molecule has 0 aliphatic carbocycles. The van der Waals surface area contributed by atoms with Gasteiger partial charge in [0.25, 0.3) is 0 Å². The Hall–Kier alpha value is -1.16. The van der Waals surface area contributed by atoms with E-state index in [1.807, 2.05) is 0 Å². The highest BCUT2D eigenvalue weighted by Gasteiger charge is 2.26. The molecule has 0 fully saturated rings. The molecule has 0 radical (unpaired) electrons. The van der Waals surface area contributed by atoms with Crippen molar-refractivity contribution in [1.29, 1.82) is 0 Å². The Morgan fingerprint density at radius 3 is 2.80 bits per heavy atom. The average molecular weight is 211 g/mol. The van der Waals surface area contributed by atoms with Crippen molar-refractivity contribution in [2.24, 2.45) is 5.41 Å². The number of hydrogen-bond donors (Lipinski definition) is 1. The quantitative estimate of drug-likeness (QED) is 0.658. The number of nitrogens with one attached hydrogen (secondary N) is 1. The van der Waals surface area contributed by atoms with E-state index in [1.165, 1.54) is 6.08 Å². The van der Waals surface area contributed by atoms with Gasteiger partial charge in [0.15, 0.2) is 12.0 Å². The van der Waals surface area contributed by atoms with Crippen molar-refractivity contribution >= 4 is 11.8 Å². The number of esters is 1. The third-order valence-electron chi connectivity index (χ3n) is 2.02. The number of ether oxygens (including phenoxy) is 1. The monoisotopic (exact) mass is 211 g/mol. The molecule has 1 unspecified atom stereocenters. The lowest BCUT2D eigenvalue weighted by Gasteiger charge is -2.22. The van der Waals surface area contributed by atoms with Crippen LogP contribution in [0.3, 0.4) is 0 Å². The van der Waals surface area contributed by atoms with Gasteiger partial charge in [-0.25, -0.2) is 0 Å². The summed E-state index contributed by atoms with van der Waals surface area (Å²) >= 11 is 0. The van der Waals surface area contributed by atoms with Crippen LogP contribution in [0.1, 0.15) is 27.2 Å². The first-order chi connectivity index (χ1) is 6.89. The van der Waals surface area contributed by atoms with Crippen LogP contribution in [0.2, 0.25) is 0 Å². The zero-order chi connectivity index (χ0) is 11.5. The molecule has 1 rings (SSSR count). The summed E-state index contributed by atoms with van der Waals surface area (Å²) in [6.45, 7) is 5.62. The van der Waals surface area contributed by atoms with Crippen molar-refractivity contribution in [3.63, 3.8) is 0 Å². The molecule has 0 aromatic carbocycles. The van der Waals surface area contributed by atoms with Crippen molar-refractivity contribution in [1.82, 2.24) is 5.32 Å². The summed E-state index contributed by atoms with van der Waals surface area (Å²) < 4.78 is 5.23. The first-order valence-electron chi connectivity index (χ1n) is 5.03. The maximum absolute atomic E-state index is 11.6. The first kappa shape index (κ1) is 11.9. The molecule has 15 heavy (non-hydrogen) atoms. The summed E-state index contributed by atoms with van der Waals surface area (Å²) in [5.41, 5.74) is -0.512. The zero-order valence-electron chi connectivity index (χ0n) is 9.37. The maximum atomic E-state index is 11.6. The van der Waals surface area contributed by atoms with Crippen molar-refractivity contribution < 1.29 is 14.3 Å². The summed E-state index contributed by atoms with van der Waals surface area (Å²) in [5.74, 6) is -0.257. The summed E-state index contributed by atoms with van der Waals surface area (Å²) in [7, 11) is 0. The first-order valence-corrected chi connectivity index (χ1v) is 5.03. The standard InChI is InChI=1S/C11H17NO3/c1-11(2,3)10(14)15-9-6-4-5-8(13)7-12-9/h4-5,9,12H,6-7H2,1-3H3. The molecule has 1 atom stereocenters. The van der Waals surface area contributed by atoms with Gasteiger partial charge in [-0.05, 0) is 26.8 Å². The van der Waals surface area contributed by atoms with Gasteiger partial charge >= 0.3 is 5.97 Å². The Morgan fingerprint density at radius 1 is 1.53 bits per heavy atom. The van der Waals surface area contributed by atoms with Gasteiger partial charge in [-0.3, -0.25) is 14.9 Å². The van der Waals surface area contributed by atoms with E-state index in [0.717, 1.165) is 0 Å². The zero-order valence-corrected chi connectivity index (χ0v) is 9.37. The van der Waals surface area contributed by atoms with E-state index in [2.05, 4.69) is 5.32 Å². The third kappa shape index (κ3) is 3.83. The van der Waals surface area contributed by atoms with E-state index in [9.17, 15) is 9.59 Å². The van der Waals surface area contributed by atoms with E-state index < -0.39 is 5.41 Å². The number of hydrogen-bond acceptors (Lipinski definition) is 4. The van der Waals surface area contributed by atoms with Crippen LogP contribution in [0.25, 0.3) is 0 Å². The lowest BCUT2D eigenvalue weighted by atomic mass is 9.97. The highest BCUT2D eigenvalue weighted by Crippen LogP contribution is 2.17. The average Bonchev–Trinajstić information content (AvgIpc) is 2.29. The number of carbonyl (C=O) groups is 2. The molecule has 1 heterocycles. The predicted octanol–water partition coefficient (Wildman–Crippen LogP) is 1.02. The Morgan fingerprint density at radius 2 is 2.20 bits per heavy atom. The molecule has 0 aromatic heterocycles. The van der Waals surface area contributed by atoms with Crippen LogP contribution in [0.4, 0.5) is 0 Å². The highest BCUT2D eigenvalue weighted by atomic mass is 16.6. The van der Waals surface area contributed by atoms with Crippen LogP contribution in [0, 0.1) is 5.41 Å². The van der Waals surface area contributed by atoms with Gasteiger partial charge in [0.1, 0.15) is 0 Å². The SMILES string of the molecule is CC(C)(C)C(=O)OC1CC=CC(=O)CN1. The van der Waals surface area contributed by atoms with Crippen molar-refractivity contribution in [3.05, 3.63) is 12.2 Å². The fourth-order valence-electron chi connectivity index (χ4n) is 1.08. The second-order valence-corrected chi connectivity index (χ2v) is 4.63. The Labute approximate surface area is 89.7 Å². The minimum atomic E-state index is -0.512. The van der Waals surface area contributed by atoms with Gasteiger partial charge < -0.3 is 4.74 Å². The van der Waals surface area contributed by atoms with Crippen LogP contribution < -0.4 is 5.32 Å². The Kier molecular flexibility index (Phi) is 3.63. The van der Waals surface area contributed by atoms with Crippen molar-refractivity contribution in [3.8, 4) is 0 Å². The summed E-state index contributed by atoms with van der Waals surface area (Å²) in [4.78, 5) is 22.6. The van der Waals surface area contributed by atoms with Gasteiger partial charge in [0, 0.05) is 6.42 Å². The van der Waals surface area contributed by atoms with Gasteiger partial charge in [0.2, 0.25) is 0 Å². The summed E-state index contributed by atoms with van der Waals surface area (Å²) in [5, 5.41) is 2.88. The number of ketones is 1. The molecule has 4 heteroatoms. The van der Waals surface area contributed by atoms with Gasteiger partial charge in [-0.15, -0.1) is 0 Å². The van der Waals surface area contributed by atoms with E-state index in [4.69, 9.17) is 4.74 Å². The fourth-order valence-corrected chi connectivity index (χ4v) is 1.08. The molecular weight excluding hydrogens is 194 g/mol. The van der Waals surface area contributed by atoms with Crippen LogP contribution in [0.5, 0.6) is 0 Å². The fraction of sp³-hybridized carbons (Fsp3) is 0.636. The third-order valence-corrected chi connectivity index (χ3v) is 2.02. The number of rotatable bonds is 1. The minimum Gasteiger partial charge on any atom is -0.446 e. The van der Waals surface area contributed by atoms with Crippen LogP contribution in [-0.4, -0.2) is 24.5 Å². The Balaban J connectivity index is 2.50. The molecule has 0 bridgehead atoms. The van der Waals surface area contributed by atoms with Gasteiger partial charge in [-0.2, -0.15) is 0 Å². The Bertz CT molecular complexity index is 289. The van der Waals surface area contributed by atoms with E-state index in [0.29, 0.717) is 6.42 Å². The van der Waals surface area contributed by atoms with Gasteiger partial charge in [0.05, 0.1) is 12.0 Å². The van der Waals surface area contributed by atoms with E-state index in [1.54, 1.807) is 26.8 Å². The van der Waals surface area contributed by atoms with Gasteiger partial charge in [-0.1, -0.05) is 6.08 Å². The lowest BCUT2D eigenvalue weighted by Crippen LogP contribution is -2.38. The highest BCUT2D eigenvalue weighted by molar-refractivity contribution is 5.91. The lowest BCUT2D eigenvalue weighted by molar-refractivity contribution is -0.160. The summed E-state index contributed by atoms with van der Waals surface area (Å²) in [6, 6.07) is 0. The topological polar surface area (TPSA) is 55.4 Å². The van der Waals surface area contributed by atoms with Crippen molar-refractivity contribution in [2.75, 3.05) is 6.54 Å². The molecule has 0 spiro atoms. The van der Waals surface area contributed by atoms with Crippen LogP contribution in [0.15, 0.2) is 12.2 Å². The minimum absolute atomic E-state index is 0.00399. The molecule has 0 amide bonds. The predicted molar refractivity (Wildman–Crippen MR) is 56.1 cm³/mol. The second kappa shape index (κ2) is 4.57. The largest absolute Gasteiger partial charge is 0.446 e. The molecule has 1 aliphatic heterocycles. The van der Waals surface area contributed by atoms with Crippen LogP contribution in [-0.2, 0) is 14.3 Å². The smallest absolute Gasteiger partial charge is 0.312 e. The van der Waals surface area contributed by atoms with E-state index >= 15 is 0 Å². The van der Waals surface area contributed by atoms with Crippen LogP contribution >= 0.6 is 0 Å². The summed E-state index contributed by atoms with van der Waals surface area (Å²) in [6.07, 6.45) is 3.38. The molecule has 84 valence electrons. The normalized spacial score (nSPS) is 22.3. The molecule has 1 N–H and O–H groups in total. The van der Waals surface area contributed by atoms with E-state index in [-0.39, 0.29) is 24.5 Å².